The van der Waals surface area contributed by atoms with Crippen LogP contribution in [0, 0.1) is 6.92 Å². The molecular formula is C22H20O5. The van der Waals surface area contributed by atoms with Gasteiger partial charge in [0.2, 0.25) is 0 Å². The first-order valence-corrected chi connectivity index (χ1v) is 8.97. The number of hydrogen-bond acceptors (Lipinski definition) is 5. The molecule has 4 rings (SSSR count). The van der Waals surface area contributed by atoms with E-state index in [-0.39, 0.29) is 24.4 Å². The van der Waals surface area contributed by atoms with E-state index in [4.69, 9.17) is 13.9 Å². The molecule has 1 atom stereocenters. The van der Waals surface area contributed by atoms with Crippen molar-refractivity contribution < 1.29 is 18.7 Å². The Labute approximate surface area is 156 Å². The van der Waals surface area contributed by atoms with Crippen LogP contribution in [-0.2, 0) is 4.79 Å². The number of para-hydroxylation sites is 1. The van der Waals surface area contributed by atoms with E-state index in [1.165, 1.54) is 6.07 Å². The molecule has 3 aromatic rings. The highest BCUT2D eigenvalue weighted by molar-refractivity contribution is 5.90. The molecule has 5 heteroatoms. The highest BCUT2D eigenvalue weighted by Gasteiger charge is 2.33. The minimum Gasteiger partial charge on any atom is -0.491 e. The van der Waals surface area contributed by atoms with Gasteiger partial charge in [-0.05, 0) is 44.5 Å². The Morgan fingerprint density at radius 2 is 1.89 bits per heavy atom. The van der Waals surface area contributed by atoms with Crippen molar-refractivity contribution in [3.63, 3.8) is 0 Å². The summed E-state index contributed by atoms with van der Waals surface area (Å²) in [5.74, 6) is 0.507. The second kappa shape index (κ2) is 6.58. The maximum Gasteiger partial charge on any atom is 0.336 e. The van der Waals surface area contributed by atoms with E-state index in [1.54, 1.807) is 6.07 Å². The van der Waals surface area contributed by atoms with Crippen LogP contribution in [0.25, 0.3) is 11.0 Å². The summed E-state index contributed by atoms with van der Waals surface area (Å²) in [4.78, 5) is 24.3. The van der Waals surface area contributed by atoms with Crippen LogP contribution < -0.4 is 15.1 Å². The third kappa shape index (κ3) is 3.10. The molecule has 138 valence electrons. The fraction of sp³-hybridized carbons (Fsp3) is 0.273. The van der Waals surface area contributed by atoms with E-state index in [1.807, 2.05) is 51.1 Å². The summed E-state index contributed by atoms with van der Waals surface area (Å²) in [5, 5.41) is 0.832. The monoisotopic (exact) mass is 364 g/mol. The van der Waals surface area contributed by atoms with Crippen molar-refractivity contribution in [1.29, 1.82) is 0 Å². The second-order valence-electron chi connectivity index (χ2n) is 7.04. The lowest BCUT2D eigenvalue weighted by atomic mass is 9.84. The van der Waals surface area contributed by atoms with Crippen LogP contribution in [0.15, 0.2) is 51.7 Å². The number of carbonyl (C=O) groups is 1. The molecule has 2 heterocycles. The van der Waals surface area contributed by atoms with Crippen molar-refractivity contribution >= 4 is 16.9 Å². The predicted octanol–water partition coefficient (Wildman–Crippen LogP) is 4.33. The summed E-state index contributed by atoms with van der Waals surface area (Å²) in [5.41, 5.74) is 2.46. The molecule has 1 aliphatic rings. The van der Waals surface area contributed by atoms with Gasteiger partial charge in [-0.2, -0.15) is 0 Å². The molecule has 0 fully saturated rings. The van der Waals surface area contributed by atoms with Gasteiger partial charge in [0, 0.05) is 28.5 Å². The number of benzene rings is 2. The zero-order valence-electron chi connectivity index (χ0n) is 15.4. The molecule has 27 heavy (non-hydrogen) atoms. The smallest absolute Gasteiger partial charge is 0.336 e. The number of hydrogen-bond donors (Lipinski definition) is 0. The zero-order chi connectivity index (χ0) is 19.1. The van der Waals surface area contributed by atoms with E-state index >= 15 is 0 Å². The SMILES string of the molecule is Cc1cc(=O)oc2c3c(ccc12)OC(=O)C[C@H]3c1ccccc1OC(C)C. The van der Waals surface area contributed by atoms with Gasteiger partial charge in [-0.15, -0.1) is 0 Å². The van der Waals surface area contributed by atoms with Crippen LogP contribution >= 0.6 is 0 Å². The normalized spacial score (nSPS) is 16.3. The number of aryl methyl sites for hydroxylation is 1. The maximum absolute atomic E-state index is 12.3. The van der Waals surface area contributed by atoms with Gasteiger partial charge in [-0.25, -0.2) is 4.79 Å². The highest BCUT2D eigenvalue weighted by Crippen LogP contribution is 2.45. The fourth-order valence-corrected chi connectivity index (χ4v) is 3.63. The second-order valence-corrected chi connectivity index (χ2v) is 7.04. The average molecular weight is 364 g/mol. The Morgan fingerprint density at radius 3 is 2.67 bits per heavy atom. The van der Waals surface area contributed by atoms with Crippen LogP contribution in [0.4, 0.5) is 0 Å². The Morgan fingerprint density at radius 1 is 1.11 bits per heavy atom. The number of carbonyl (C=O) groups excluding carboxylic acids is 1. The van der Waals surface area contributed by atoms with E-state index < -0.39 is 5.63 Å². The Hall–Kier alpha value is -3.08. The van der Waals surface area contributed by atoms with Gasteiger partial charge in [0.25, 0.3) is 0 Å². The molecule has 2 aromatic carbocycles. The van der Waals surface area contributed by atoms with Crippen molar-refractivity contribution in [2.45, 2.75) is 39.2 Å². The van der Waals surface area contributed by atoms with Crippen LogP contribution in [0.2, 0.25) is 0 Å². The molecule has 0 spiro atoms. The molecule has 0 bridgehead atoms. The Bertz CT molecular complexity index is 1090. The molecule has 0 aliphatic carbocycles. The summed E-state index contributed by atoms with van der Waals surface area (Å²) in [7, 11) is 0. The Balaban J connectivity index is 2.00. The van der Waals surface area contributed by atoms with E-state index in [9.17, 15) is 9.59 Å². The largest absolute Gasteiger partial charge is 0.491 e. The third-order valence-electron chi connectivity index (χ3n) is 4.72. The standard InChI is InChI=1S/C22H20O5/c1-12(2)25-17-7-5-4-6-15(17)16-11-20(24)26-18-9-8-14-13(3)10-19(23)27-22(14)21(16)18/h4-10,12,16H,11H2,1-3H3/t16-/m0/s1. The average Bonchev–Trinajstić information content (AvgIpc) is 2.60. The van der Waals surface area contributed by atoms with Gasteiger partial charge >= 0.3 is 11.6 Å². The van der Waals surface area contributed by atoms with Crippen LogP contribution in [0.1, 0.15) is 42.9 Å². The number of rotatable bonds is 3. The van der Waals surface area contributed by atoms with Gasteiger partial charge in [-0.1, -0.05) is 18.2 Å². The summed E-state index contributed by atoms with van der Waals surface area (Å²) in [6.07, 6.45) is 0.149. The lowest BCUT2D eigenvalue weighted by molar-refractivity contribution is -0.135. The number of fused-ring (bicyclic) bond motifs is 3. The molecule has 0 saturated carbocycles. The van der Waals surface area contributed by atoms with Crippen LogP contribution in [0.3, 0.4) is 0 Å². The summed E-state index contributed by atoms with van der Waals surface area (Å²) in [6.45, 7) is 5.78. The molecular weight excluding hydrogens is 344 g/mol. The minimum absolute atomic E-state index is 0.00569. The molecule has 0 N–H and O–H groups in total. The van der Waals surface area contributed by atoms with Crippen molar-refractivity contribution in [3.8, 4) is 11.5 Å². The molecule has 1 aliphatic heterocycles. The van der Waals surface area contributed by atoms with Gasteiger partial charge in [0.15, 0.2) is 0 Å². The molecule has 0 saturated heterocycles. The molecule has 5 nitrogen and oxygen atoms in total. The van der Waals surface area contributed by atoms with Crippen LogP contribution in [0.5, 0.6) is 11.5 Å². The van der Waals surface area contributed by atoms with Crippen molar-refractivity contribution in [2.24, 2.45) is 0 Å². The molecule has 0 radical (unpaired) electrons. The van der Waals surface area contributed by atoms with Gasteiger partial charge in [0.1, 0.15) is 17.1 Å². The van der Waals surface area contributed by atoms with Gasteiger partial charge in [0.05, 0.1) is 12.5 Å². The van der Waals surface area contributed by atoms with Gasteiger partial charge < -0.3 is 13.9 Å². The van der Waals surface area contributed by atoms with Crippen molar-refractivity contribution in [3.05, 3.63) is 69.6 Å². The van der Waals surface area contributed by atoms with Crippen molar-refractivity contribution in [2.75, 3.05) is 0 Å². The minimum atomic E-state index is -0.421. The summed E-state index contributed by atoms with van der Waals surface area (Å²) >= 11 is 0. The summed E-state index contributed by atoms with van der Waals surface area (Å²) < 4.78 is 17.0. The topological polar surface area (TPSA) is 65.7 Å². The third-order valence-corrected chi connectivity index (χ3v) is 4.72. The lowest BCUT2D eigenvalue weighted by Gasteiger charge is -2.27. The first-order valence-electron chi connectivity index (χ1n) is 8.97. The lowest BCUT2D eigenvalue weighted by Crippen LogP contribution is -2.22. The first-order chi connectivity index (χ1) is 12.9. The molecule has 1 aromatic heterocycles. The molecule has 0 unspecified atom stereocenters. The summed E-state index contributed by atoms with van der Waals surface area (Å²) in [6, 6.07) is 12.7. The van der Waals surface area contributed by atoms with Crippen molar-refractivity contribution in [1.82, 2.24) is 0 Å². The first kappa shape index (κ1) is 17.3. The number of esters is 1. The predicted molar refractivity (Wildman–Crippen MR) is 102 cm³/mol. The van der Waals surface area contributed by atoms with Gasteiger partial charge in [-0.3, -0.25) is 4.79 Å². The zero-order valence-corrected chi connectivity index (χ0v) is 15.4. The fourth-order valence-electron chi connectivity index (χ4n) is 3.63. The van der Waals surface area contributed by atoms with Crippen LogP contribution in [-0.4, -0.2) is 12.1 Å². The Kier molecular flexibility index (Phi) is 4.22. The maximum atomic E-state index is 12.3. The quantitative estimate of drug-likeness (QED) is 0.393. The van der Waals surface area contributed by atoms with E-state index in [0.29, 0.717) is 22.6 Å². The number of ether oxygens (including phenoxy) is 2. The van der Waals surface area contributed by atoms with E-state index in [2.05, 4.69) is 0 Å². The molecule has 0 amide bonds. The van der Waals surface area contributed by atoms with E-state index in [0.717, 1.165) is 16.5 Å². The highest BCUT2D eigenvalue weighted by atomic mass is 16.5.